The van der Waals surface area contributed by atoms with Gasteiger partial charge in [0.25, 0.3) is 0 Å². The topological polar surface area (TPSA) is 50.4 Å². The molecule has 2 unspecified atom stereocenters. The van der Waals surface area contributed by atoms with Crippen molar-refractivity contribution in [3.05, 3.63) is 23.5 Å². The first-order chi connectivity index (χ1) is 8.42. The van der Waals surface area contributed by atoms with E-state index in [1.165, 1.54) is 7.05 Å². The van der Waals surface area contributed by atoms with Crippen molar-refractivity contribution in [2.24, 2.45) is 5.92 Å². The molecule has 4 nitrogen and oxygen atoms in total. The van der Waals surface area contributed by atoms with Crippen LogP contribution >= 0.6 is 0 Å². The highest BCUT2D eigenvalue weighted by molar-refractivity contribution is 5.68. The summed E-state index contributed by atoms with van der Waals surface area (Å²) in [6.45, 7) is 6.48. The van der Waals surface area contributed by atoms with Gasteiger partial charge in [-0.15, -0.1) is 6.42 Å². The van der Waals surface area contributed by atoms with Crippen LogP contribution in [0, 0.1) is 18.3 Å². The summed E-state index contributed by atoms with van der Waals surface area (Å²) in [5.41, 5.74) is 0.730. The van der Waals surface area contributed by atoms with Gasteiger partial charge in [-0.1, -0.05) is 18.9 Å². The van der Waals surface area contributed by atoms with Crippen LogP contribution in [0.5, 0.6) is 0 Å². The lowest BCUT2D eigenvalue weighted by Gasteiger charge is -2.37. The lowest BCUT2D eigenvalue weighted by atomic mass is 9.80. The van der Waals surface area contributed by atoms with Gasteiger partial charge in [-0.3, -0.25) is 5.32 Å². The van der Waals surface area contributed by atoms with Crippen LogP contribution in [0.15, 0.2) is 23.5 Å². The number of alkyl carbamates (subject to hydrolysis) is 1. The fourth-order valence-electron chi connectivity index (χ4n) is 2.01. The zero-order valence-electron chi connectivity index (χ0n) is 11.3. The fourth-order valence-corrected chi connectivity index (χ4v) is 2.01. The maximum absolute atomic E-state index is 11.3. The van der Waals surface area contributed by atoms with Crippen molar-refractivity contribution < 1.29 is 9.53 Å². The van der Waals surface area contributed by atoms with Crippen LogP contribution in [0.1, 0.15) is 20.8 Å². The van der Waals surface area contributed by atoms with Crippen LogP contribution in [0.4, 0.5) is 4.79 Å². The van der Waals surface area contributed by atoms with Gasteiger partial charge in [-0.05, 0) is 25.5 Å². The molecule has 0 heterocycles. The Bertz CT molecular complexity index is 432. The molecule has 0 saturated heterocycles. The monoisotopic (exact) mass is 248 g/mol. The first-order valence-corrected chi connectivity index (χ1v) is 5.92. The summed E-state index contributed by atoms with van der Waals surface area (Å²) >= 11 is 0. The van der Waals surface area contributed by atoms with E-state index in [9.17, 15) is 4.79 Å². The molecule has 0 bridgehead atoms. The van der Waals surface area contributed by atoms with Gasteiger partial charge in [-0.25, -0.2) is 4.79 Å². The minimum atomic E-state index is -0.456. The summed E-state index contributed by atoms with van der Waals surface area (Å²) < 4.78 is 5.28. The van der Waals surface area contributed by atoms with Crippen LogP contribution in [-0.2, 0) is 4.74 Å². The van der Waals surface area contributed by atoms with Crippen LogP contribution < -0.4 is 10.6 Å². The van der Waals surface area contributed by atoms with Gasteiger partial charge in [0.15, 0.2) is 0 Å². The quantitative estimate of drug-likeness (QED) is 0.749. The minimum absolute atomic E-state index is 0.0202. The molecule has 0 aromatic heterocycles. The van der Waals surface area contributed by atoms with Gasteiger partial charge in [0, 0.05) is 18.5 Å². The number of ether oxygens (including phenoxy) is 1. The predicted octanol–water partition coefficient (Wildman–Crippen LogP) is 1.80. The Kier molecular flexibility index (Phi) is 4.57. The van der Waals surface area contributed by atoms with E-state index < -0.39 is 6.09 Å². The molecule has 0 fully saturated rings. The lowest BCUT2D eigenvalue weighted by molar-refractivity contribution is 0.155. The van der Waals surface area contributed by atoms with Gasteiger partial charge in [0.1, 0.15) is 5.76 Å². The van der Waals surface area contributed by atoms with Crippen molar-refractivity contribution in [2.75, 3.05) is 13.6 Å². The highest BCUT2D eigenvalue weighted by atomic mass is 16.6. The van der Waals surface area contributed by atoms with Gasteiger partial charge in [0.2, 0.25) is 0 Å². The Morgan fingerprint density at radius 1 is 1.67 bits per heavy atom. The highest BCUT2D eigenvalue weighted by Crippen LogP contribution is 2.32. The average molecular weight is 248 g/mol. The second-order valence-electron chi connectivity index (χ2n) is 4.64. The summed E-state index contributed by atoms with van der Waals surface area (Å²) in [7, 11) is 1.54. The first-order valence-electron chi connectivity index (χ1n) is 5.92. The molecule has 2 N–H and O–H groups in total. The number of allylic oxidation sites excluding steroid dienone is 2. The van der Waals surface area contributed by atoms with Crippen molar-refractivity contribution in [3.63, 3.8) is 0 Å². The standard InChI is InChI=1S/C14H20N2O2/c1-6-7-16-14(4)9-10(2)8-12(11(14)3)18-13(17)15-5/h1,8-9,11,16H,7H2,2-5H3,(H,15,17). The molecule has 0 aromatic rings. The fraction of sp³-hybridized carbons (Fsp3) is 0.500. The maximum Gasteiger partial charge on any atom is 0.412 e. The van der Waals surface area contributed by atoms with E-state index in [-0.39, 0.29) is 11.5 Å². The summed E-state index contributed by atoms with van der Waals surface area (Å²) in [5, 5.41) is 5.73. The van der Waals surface area contributed by atoms with E-state index in [4.69, 9.17) is 11.2 Å². The summed E-state index contributed by atoms with van der Waals surface area (Å²) in [6, 6.07) is 0. The van der Waals surface area contributed by atoms with E-state index in [1.54, 1.807) is 0 Å². The van der Waals surface area contributed by atoms with Crippen LogP contribution in [0.3, 0.4) is 0 Å². The van der Waals surface area contributed by atoms with Crippen molar-refractivity contribution in [1.29, 1.82) is 0 Å². The molecule has 0 spiro atoms. The Hall–Kier alpha value is -1.73. The highest BCUT2D eigenvalue weighted by Gasteiger charge is 2.35. The zero-order valence-corrected chi connectivity index (χ0v) is 11.3. The SMILES string of the molecule is C#CCNC1(C)C=C(C)C=C(OC(=O)NC)C1C. The smallest absolute Gasteiger partial charge is 0.412 e. The number of carbonyl (C=O) groups is 1. The molecule has 0 aromatic carbocycles. The Morgan fingerprint density at radius 3 is 2.89 bits per heavy atom. The molecule has 1 aliphatic rings. The van der Waals surface area contributed by atoms with Crippen molar-refractivity contribution >= 4 is 6.09 Å². The predicted molar refractivity (Wildman–Crippen MR) is 71.8 cm³/mol. The van der Waals surface area contributed by atoms with Crippen LogP contribution in [0.2, 0.25) is 0 Å². The number of nitrogens with one attached hydrogen (secondary N) is 2. The molecular weight excluding hydrogens is 228 g/mol. The van der Waals surface area contributed by atoms with Crippen molar-refractivity contribution in [1.82, 2.24) is 10.6 Å². The molecule has 98 valence electrons. The number of terminal acetylenes is 1. The molecule has 0 aliphatic heterocycles. The largest absolute Gasteiger partial charge is 0.415 e. The second-order valence-corrected chi connectivity index (χ2v) is 4.64. The van der Waals surface area contributed by atoms with E-state index in [2.05, 4.69) is 22.6 Å². The number of rotatable bonds is 3. The Balaban J connectivity index is 2.92. The third-order valence-electron chi connectivity index (χ3n) is 3.21. The van der Waals surface area contributed by atoms with Crippen molar-refractivity contribution in [2.45, 2.75) is 26.3 Å². The molecule has 1 aliphatic carbocycles. The first kappa shape index (κ1) is 14.3. The normalized spacial score (nSPS) is 26.7. The molecule has 0 radical (unpaired) electrons. The third kappa shape index (κ3) is 3.14. The average Bonchev–Trinajstić information content (AvgIpc) is 2.33. The van der Waals surface area contributed by atoms with E-state index in [0.717, 1.165) is 5.57 Å². The number of hydrogen-bond donors (Lipinski definition) is 2. The van der Waals surface area contributed by atoms with Crippen LogP contribution in [0.25, 0.3) is 0 Å². The molecule has 4 heteroatoms. The van der Waals surface area contributed by atoms with E-state index in [1.807, 2.05) is 26.8 Å². The molecule has 0 saturated carbocycles. The number of carbonyl (C=O) groups excluding carboxylic acids is 1. The molecular formula is C14H20N2O2. The van der Waals surface area contributed by atoms with Crippen LogP contribution in [-0.4, -0.2) is 25.2 Å². The van der Waals surface area contributed by atoms with Gasteiger partial charge < -0.3 is 10.1 Å². The molecule has 1 rings (SSSR count). The summed E-state index contributed by atoms with van der Waals surface area (Å²) in [4.78, 5) is 11.3. The molecule has 1 amide bonds. The number of hydrogen-bond acceptors (Lipinski definition) is 3. The second kappa shape index (κ2) is 5.74. The number of amides is 1. The summed E-state index contributed by atoms with van der Waals surface area (Å²) in [6.07, 6.45) is 8.80. The third-order valence-corrected chi connectivity index (χ3v) is 3.21. The Labute approximate surface area is 108 Å². The lowest BCUT2D eigenvalue weighted by Crippen LogP contribution is -2.49. The molecule has 18 heavy (non-hydrogen) atoms. The van der Waals surface area contributed by atoms with Gasteiger partial charge >= 0.3 is 6.09 Å². The molecule has 2 atom stereocenters. The minimum Gasteiger partial charge on any atom is -0.415 e. The van der Waals surface area contributed by atoms with Gasteiger partial charge in [-0.2, -0.15) is 0 Å². The summed E-state index contributed by atoms with van der Waals surface area (Å²) in [5.74, 6) is 3.22. The van der Waals surface area contributed by atoms with E-state index in [0.29, 0.717) is 12.3 Å². The Morgan fingerprint density at radius 2 is 2.33 bits per heavy atom. The van der Waals surface area contributed by atoms with E-state index >= 15 is 0 Å². The van der Waals surface area contributed by atoms with Gasteiger partial charge in [0.05, 0.1) is 6.54 Å². The maximum atomic E-state index is 11.3. The van der Waals surface area contributed by atoms with Crippen molar-refractivity contribution in [3.8, 4) is 12.3 Å². The zero-order chi connectivity index (χ0) is 13.8.